The van der Waals surface area contributed by atoms with E-state index in [1.165, 1.54) is 0 Å². The van der Waals surface area contributed by atoms with Crippen molar-refractivity contribution < 1.29 is 4.79 Å². The molecular weight excluding hydrogens is 152 g/mol. The molecule has 70 valence electrons. The summed E-state index contributed by atoms with van der Waals surface area (Å²) in [4.78, 5) is 10.5. The molecule has 0 aromatic heterocycles. The van der Waals surface area contributed by atoms with E-state index < -0.39 is 0 Å². The van der Waals surface area contributed by atoms with Gasteiger partial charge in [0.05, 0.1) is 0 Å². The topological polar surface area (TPSA) is 55.1 Å². The predicted molar refractivity (Wildman–Crippen MR) is 50.6 cm³/mol. The first-order valence-corrected chi connectivity index (χ1v) is 4.27. The van der Waals surface area contributed by atoms with Gasteiger partial charge in [0.25, 0.3) is 0 Å². The summed E-state index contributed by atoms with van der Waals surface area (Å²) in [6.07, 6.45) is 4.40. The first kappa shape index (κ1) is 11.2. The van der Waals surface area contributed by atoms with Crippen LogP contribution in [0.1, 0.15) is 19.8 Å². The molecule has 0 bridgehead atoms. The van der Waals surface area contributed by atoms with Crippen LogP contribution in [0.4, 0.5) is 0 Å². The van der Waals surface area contributed by atoms with Crippen LogP contribution >= 0.6 is 0 Å². The summed E-state index contributed by atoms with van der Waals surface area (Å²) >= 11 is 0. The minimum Gasteiger partial charge on any atom is -0.391 e. The van der Waals surface area contributed by atoms with E-state index in [0.717, 1.165) is 25.7 Å². The van der Waals surface area contributed by atoms with Gasteiger partial charge in [0.15, 0.2) is 0 Å². The zero-order valence-electron chi connectivity index (χ0n) is 7.62. The maximum Gasteiger partial charge on any atom is 0.124 e. The highest BCUT2D eigenvalue weighted by atomic mass is 16.1. The average Bonchev–Trinajstić information content (AvgIpc) is 2.04. The zero-order valence-corrected chi connectivity index (χ0v) is 7.62. The van der Waals surface area contributed by atoms with E-state index in [-0.39, 0.29) is 12.0 Å². The lowest BCUT2D eigenvalue weighted by molar-refractivity contribution is -0.111. The summed E-state index contributed by atoms with van der Waals surface area (Å²) in [6.45, 7) is 6.25. The lowest BCUT2D eigenvalue weighted by atomic mass is 9.98. The molecule has 0 spiro atoms. The van der Waals surface area contributed by atoms with Gasteiger partial charge in [-0.15, -0.1) is 0 Å². The molecule has 0 fully saturated rings. The first-order chi connectivity index (χ1) is 5.72. The number of hydrogen-bond donors (Lipinski definition) is 2. The third-order valence-electron chi connectivity index (χ3n) is 1.85. The number of rotatable bonds is 7. The Hall–Kier alpha value is -0.830. The number of carbonyl (C=O) groups is 1. The van der Waals surface area contributed by atoms with Gasteiger partial charge in [-0.25, -0.2) is 0 Å². The Bertz CT molecular complexity index is 134. The molecule has 0 aliphatic heterocycles. The Kier molecular flexibility index (Phi) is 6.38. The minimum atomic E-state index is -0.0359. The summed E-state index contributed by atoms with van der Waals surface area (Å²) in [7, 11) is 0. The lowest BCUT2D eigenvalue weighted by Gasteiger charge is -2.13. The summed E-state index contributed by atoms with van der Waals surface area (Å²) in [5, 5.41) is 2.97. The molecule has 0 rings (SSSR count). The van der Waals surface area contributed by atoms with Crippen LogP contribution in [0.25, 0.3) is 0 Å². The lowest BCUT2D eigenvalue weighted by Crippen LogP contribution is -2.28. The second-order valence-corrected chi connectivity index (χ2v) is 2.96. The van der Waals surface area contributed by atoms with Crippen LogP contribution in [0.15, 0.2) is 12.8 Å². The SMILES string of the molecule is C=CNCCCC(C=O)C(C)N. The van der Waals surface area contributed by atoms with Crippen LogP contribution in [0, 0.1) is 5.92 Å². The summed E-state index contributed by atoms with van der Waals surface area (Å²) in [5.74, 6) is -0.00313. The van der Waals surface area contributed by atoms with Crippen molar-refractivity contribution in [3.05, 3.63) is 12.8 Å². The number of carbonyl (C=O) groups excluding carboxylic acids is 1. The molecule has 0 aliphatic rings. The van der Waals surface area contributed by atoms with Crippen molar-refractivity contribution in [2.45, 2.75) is 25.8 Å². The second-order valence-electron chi connectivity index (χ2n) is 2.96. The van der Waals surface area contributed by atoms with Crippen LogP contribution < -0.4 is 11.1 Å². The van der Waals surface area contributed by atoms with Crippen LogP contribution in [-0.4, -0.2) is 18.9 Å². The van der Waals surface area contributed by atoms with Gasteiger partial charge < -0.3 is 15.8 Å². The number of hydrogen-bond acceptors (Lipinski definition) is 3. The number of nitrogens with one attached hydrogen (secondary N) is 1. The van der Waals surface area contributed by atoms with E-state index in [1.807, 2.05) is 6.92 Å². The normalized spacial score (nSPS) is 14.8. The Morgan fingerprint density at radius 2 is 2.33 bits per heavy atom. The van der Waals surface area contributed by atoms with Gasteiger partial charge >= 0.3 is 0 Å². The molecular formula is C9H18N2O. The van der Waals surface area contributed by atoms with Gasteiger partial charge in [-0.2, -0.15) is 0 Å². The maximum absolute atomic E-state index is 10.5. The van der Waals surface area contributed by atoms with Gasteiger partial charge in [-0.3, -0.25) is 0 Å². The van der Waals surface area contributed by atoms with E-state index in [0.29, 0.717) is 0 Å². The van der Waals surface area contributed by atoms with E-state index in [4.69, 9.17) is 5.73 Å². The van der Waals surface area contributed by atoms with Gasteiger partial charge in [-0.05, 0) is 26.0 Å². The summed E-state index contributed by atoms with van der Waals surface area (Å²) in [6, 6.07) is -0.0359. The van der Waals surface area contributed by atoms with E-state index in [9.17, 15) is 4.79 Å². The Morgan fingerprint density at radius 3 is 2.75 bits per heavy atom. The van der Waals surface area contributed by atoms with Crippen molar-refractivity contribution in [2.75, 3.05) is 6.54 Å². The average molecular weight is 170 g/mol. The van der Waals surface area contributed by atoms with Crippen LogP contribution in [0.5, 0.6) is 0 Å². The monoisotopic (exact) mass is 170 g/mol. The standard InChI is InChI=1S/C9H18N2O/c1-3-11-6-4-5-9(7-12)8(2)10/h3,7-9,11H,1,4-6,10H2,2H3. The predicted octanol–water partition coefficient (Wildman–Crippen LogP) is 0.662. The quantitative estimate of drug-likeness (QED) is 0.436. The van der Waals surface area contributed by atoms with Crippen LogP contribution in [0.3, 0.4) is 0 Å². The molecule has 0 saturated heterocycles. The van der Waals surface area contributed by atoms with Crippen LogP contribution in [-0.2, 0) is 4.79 Å². The smallest absolute Gasteiger partial charge is 0.124 e. The van der Waals surface area contributed by atoms with Gasteiger partial charge in [-0.1, -0.05) is 6.58 Å². The highest BCUT2D eigenvalue weighted by Gasteiger charge is 2.10. The van der Waals surface area contributed by atoms with Gasteiger partial charge in [0, 0.05) is 18.5 Å². The first-order valence-electron chi connectivity index (χ1n) is 4.27. The van der Waals surface area contributed by atoms with E-state index in [1.54, 1.807) is 6.20 Å². The summed E-state index contributed by atoms with van der Waals surface area (Å²) in [5.41, 5.74) is 5.59. The fourth-order valence-electron chi connectivity index (χ4n) is 0.997. The van der Waals surface area contributed by atoms with Gasteiger partial charge in [0.1, 0.15) is 6.29 Å². The molecule has 2 unspecified atom stereocenters. The fraction of sp³-hybridized carbons (Fsp3) is 0.667. The highest BCUT2D eigenvalue weighted by molar-refractivity contribution is 5.54. The molecule has 2 atom stereocenters. The number of aldehydes is 1. The van der Waals surface area contributed by atoms with Crippen molar-refractivity contribution >= 4 is 6.29 Å². The van der Waals surface area contributed by atoms with Crippen molar-refractivity contribution in [1.82, 2.24) is 5.32 Å². The molecule has 0 aromatic rings. The molecule has 3 heteroatoms. The highest BCUT2D eigenvalue weighted by Crippen LogP contribution is 2.05. The Balaban J connectivity index is 3.44. The maximum atomic E-state index is 10.5. The molecule has 0 heterocycles. The third-order valence-corrected chi connectivity index (χ3v) is 1.85. The second kappa shape index (κ2) is 6.85. The third kappa shape index (κ3) is 4.91. The van der Waals surface area contributed by atoms with Crippen molar-refractivity contribution in [3.8, 4) is 0 Å². The van der Waals surface area contributed by atoms with E-state index in [2.05, 4.69) is 11.9 Å². The molecule has 0 saturated carbocycles. The molecule has 12 heavy (non-hydrogen) atoms. The molecule has 3 nitrogen and oxygen atoms in total. The summed E-state index contributed by atoms with van der Waals surface area (Å²) < 4.78 is 0. The minimum absolute atomic E-state index is 0.00313. The molecule has 0 aliphatic carbocycles. The van der Waals surface area contributed by atoms with Gasteiger partial charge in [0.2, 0.25) is 0 Å². The van der Waals surface area contributed by atoms with Crippen molar-refractivity contribution in [3.63, 3.8) is 0 Å². The largest absolute Gasteiger partial charge is 0.391 e. The Labute approximate surface area is 74.0 Å². The zero-order chi connectivity index (χ0) is 9.40. The molecule has 3 N–H and O–H groups in total. The van der Waals surface area contributed by atoms with E-state index >= 15 is 0 Å². The van der Waals surface area contributed by atoms with Crippen molar-refractivity contribution in [2.24, 2.45) is 11.7 Å². The van der Waals surface area contributed by atoms with Crippen LogP contribution in [0.2, 0.25) is 0 Å². The van der Waals surface area contributed by atoms with Crippen molar-refractivity contribution in [1.29, 1.82) is 0 Å². The number of nitrogens with two attached hydrogens (primary N) is 1. The Morgan fingerprint density at radius 1 is 1.67 bits per heavy atom. The molecule has 0 radical (unpaired) electrons. The molecule has 0 amide bonds. The fourth-order valence-corrected chi connectivity index (χ4v) is 0.997. The molecule has 0 aromatic carbocycles.